The van der Waals surface area contributed by atoms with Gasteiger partial charge in [0.15, 0.2) is 10.7 Å². The van der Waals surface area contributed by atoms with Crippen LogP contribution in [0.25, 0.3) is 11.0 Å². The van der Waals surface area contributed by atoms with Crippen LogP contribution in [0, 0.1) is 11.4 Å². The Balaban J connectivity index is 2.82. The van der Waals surface area contributed by atoms with Crippen LogP contribution < -0.4 is 15.9 Å². The fourth-order valence-electron chi connectivity index (χ4n) is 1.94. The summed E-state index contributed by atoms with van der Waals surface area (Å²) in [5.74, 6) is 0.871. The number of ether oxygens (including phenoxy) is 1. The molecule has 0 saturated heterocycles. The molecule has 6 nitrogen and oxygen atoms in total. The number of benzene rings is 1. The molecule has 4 N–H and O–H groups in total. The molecule has 0 radical (unpaired) electrons. The largest absolute Gasteiger partial charge is 0.506 e. The van der Waals surface area contributed by atoms with Crippen molar-refractivity contribution in [1.29, 1.82) is 0 Å². The second-order valence-corrected chi connectivity index (χ2v) is 5.94. The van der Waals surface area contributed by atoms with Crippen molar-refractivity contribution in [3.05, 3.63) is 26.4 Å². The van der Waals surface area contributed by atoms with Crippen LogP contribution in [-0.4, -0.2) is 23.5 Å². The Bertz CT molecular complexity index is 849. The van der Waals surface area contributed by atoms with Gasteiger partial charge in [-0.25, -0.2) is 0 Å². The van der Waals surface area contributed by atoms with Gasteiger partial charge in [0.2, 0.25) is 0 Å². The number of hydrogen-bond acceptors (Lipinski definition) is 6. The van der Waals surface area contributed by atoms with E-state index in [1.54, 1.807) is 13.0 Å². The van der Waals surface area contributed by atoms with Crippen molar-refractivity contribution in [1.82, 2.24) is 5.43 Å². The van der Waals surface area contributed by atoms with Crippen molar-refractivity contribution in [3.63, 3.8) is 0 Å². The molecule has 0 bridgehead atoms. The van der Waals surface area contributed by atoms with E-state index in [9.17, 15) is 5.11 Å². The lowest BCUT2D eigenvalue weighted by molar-refractivity contribution is 0.409. The lowest BCUT2D eigenvalue weighted by Crippen LogP contribution is -2.24. The van der Waals surface area contributed by atoms with E-state index in [-0.39, 0.29) is 10.9 Å². The van der Waals surface area contributed by atoms with E-state index in [2.05, 4.69) is 38.7 Å². The highest BCUT2D eigenvalue weighted by Crippen LogP contribution is 2.43. The Morgan fingerprint density at radius 3 is 2.86 bits per heavy atom. The van der Waals surface area contributed by atoms with Gasteiger partial charge in [0.05, 0.1) is 28.8 Å². The van der Waals surface area contributed by atoms with Gasteiger partial charge in [-0.05, 0) is 41.1 Å². The van der Waals surface area contributed by atoms with E-state index < -0.39 is 0 Å². The van der Waals surface area contributed by atoms with Crippen LogP contribution in [0.1, 0.15) is 11.3 Å². The number of rotatable bonds is 3. The number of thiocarbonyl (C=S) groups is 1. The number of nitrogens with zero attached hydrogens (tertiary/aromatic N) is 1. The predicted molar refractivity (Wildman–Crippen MR) is 95.2 cm³/mol. The van der Waals surface area contributed by atoms with Crippen molar-refractivity contribution >= 4 is 62.7 Å². The molecular formula is C13H12BrN3O3S2. The van der Waals surface area contributed by atoms with Crippen molar-refractivity contribution in [2.75, 3.05) is 7.11 Å². The summed E-state index contributed by atoms with van der Waals surface area (Å²) in [5.41, 5.74) is 8.43. The molecule has 1 heterocycles. The van der Waals surface area contributed by atoms with Crippen LogP contribution in [0.2, 0.25) is 0 Å². The standard InChI is InChI=1S/C13H12BrN3O3S2/c1-5-3-7(21)8-11(19-2)6(4-16-17-13(15)22)10(18)9(14)12(8)20-5/h3-4,18H,1-2H3,(H3,15,17,22)/b16-4+. The van der Waals surface area contributed by atoms with E-state index in [0.29, 0.717) is 37.0 Å². The van der Waals surface area contributed by atoms with Crippen LogP contribution in [0.15, 0.2) is 20.1 Å². The zero-order chi connectivity index (χ0) is 16.4. The van der Waals surface area contributed by atoms with Crippen LogP contribution in [0.5, 0.6) is 11.5 Å². The average Bonchev–Trinajstić information content (AvgIpc) is 2.44. The normalized spacial score (nSPS) is 11.0. The van der Waals surface area contributed by atoms with Gasteiger partial charge in [0, 0.05) is 0 Å². The van der Waals surface area contributed by atoms with Crippen molar-refractivity contribution in [2.45, 2.75) is 6.92 Å². The van der Waals surface area contributed by atoms with Gasteiger partial charge < -0.3 is 20.0 Å². The highest BCUT2D eigenvalue weighted by molar-refractivity contribution is 9.10. The Morgan fingerprint density at radius 1 is 1.59 bits per heavy atom. The summed E-state index contributed by atoms with van der Waals surface area (Å²) < 4.78 is 11.9. The first-order chi connectivity index (χ1) is 10.4. The van der Waals surface area contributed by atoms with Crippen LogP contribution in [0.4, 0.5) is 0 Å². The molecule has 0 aliphatic rings. The van der Waals surface area contributed by atoms with Crippen LogP contribution >= 0.6 is 40.4 Å². The third kappa shape index (κ3) is 3.06. The van der Waals surface area contributed by atoms with Gasteiger partial charge in [0.1, 0.15) is 21.7 Å². The van der Waals surface area contributed by atoms with Crippen molar-refractivity contribution in [2.24, 2.45) is 10.8 Å². The number of methoxy groups -OCH3 is 1. The quantitative estimate of drug-likeness (QED) is 0.413. The molecule has 0 aliphatic heterocycles. The minimum Gasteiger partial charge on any atom is -0.506 e. The molecule has 2 aromatic rings. The molecule has 2 rings (SSSR count). The number of phenolic OH excluding ortho intramolecular Hbond substituents is 1. The molecule has 0 aliphatic carbocycles. The summed E-state index contributed by atoms with van der Waals surface area (Å²) in [5, 5.41) is 14.8. The SMILES string of the molecule is COc1c(/C=N/NC(N)=S)c(O)c(Br)c2oc(C)cc(=S)c12. The molecule has 9 heteroatoms. The maximum absolute atomic E-state index is 10.4. The number of hydrazone groups is 1. The Morgan fingerprint density at radius 2 is 2.27 bits per heavy atom. The first-order valence-electron chi connectivity index (χ1n) is 5.98. The number of hydrogen-bond donors (Lipinski definition) is 3. The maximum atomic E-state index is 10.4. The number of nitrogens with two attached hydrogens (primary N) is 1. The fraction of sp³-hybridized carbons (Fsp3) is 0.154. The van der Waals surface area contributed by atoms with E-state index in [1.807, 2.05) is 0 Å². The number of aryl methyl sites for hydroxylation is 1. The van der Waals surface area contributed by atoms with E-state index in [4.69, 9.17) is 27.1 Å². The molecule has 116 valence electrons. The lowest BCUT2D eigenvalue weighted by Gasteiger charge is -2.13. The maximum Gasteiger partial charge on any atom is 0.184 e. The molecule has 22 heavy (non-hydrogen) atoms. The summed E-state index contributed by atoms with van der Waals surface area (Å²) in [6.45, 7) is 1.77. The number of nitrogens with one attached hydrogen (secondary N) is 1. The summed E-state index contributed by atoms with van der Waals surface area (Å²) >= 11 is 13.3. The smallest absolute Gasteiger partial charge is 0.184 e. The highest BCUT2D eigenvalue weighted by Gasteiger charge is 2.20. The highest BCUT2D eigenvalue weighted by atomic mass is 79.9. The minimum atomic E-state index is -0.0958. The van der Waals surface area contributed by atoms with Gasteiger partial charge >= 0.3 is 0 Å². The van der Waals surface area contributed by atoms with Crippen molar-refractivity contribution < 1.29 is 14.3 Å². The van der Waals surface area contributed by atoms with E-state index in [1.165, 1.54) is 13.3 Å². The molecule has 0 unspecified atom stereocenters. The molecule has 1 aromatic heterocycles. The van der Waals surface area contributed by atoms with Crippen LogP contribution in [0.3, 0.4) is 0 Å². The summed E-state index contributed by atoms with van der Waals surface area (Å²) in [6.07, 6.45) is 1.34. The number of halogens is 1. The topological polar surface area (TPSA) is 93.0 Å². The van der Waals surface area contributed by atoms with E-state index in [0.717, 1.165) is 0 Å². The average molecular weight is 402 g/mol. The Hall–Kier alpha value is -1.71. The second kappa shape index (κ2) is 6.59. The van der Waals surface area contributed by atoms with Gasteiger partial charge in [-0.1, -0.05) is 12.2 Å². The van der Waals surface area contributed by atoms with Gasteiger partial charge in [-0.3, -0.25) is 5.43 Å². The molecule has 0 fully saturated rings. The molecular weight excluding hydrogens is 390 g/mol. The zero-order valence-electron chi connectivity index (χ0n) is 11.6. The fourth-order valence-corrected chi connectivity index (χ4v) is 2.84. The number of phenols is 1. The first-order valence-corrected chi connectivity index (χ1v) is 7.59. The van der Waals surface area contributed by atoms with Gasteiger partial charge in [-0.2, -0.15) is 5.10 Å². The summed E-state index contributed by atoms with van der Waals surface area (Å²) in [7, 11) is 1.47. The third-order valence-electron chi connectivity index (χ3n) is 2.78. The second-order valence-electron chi connectivity index (χ2n) is 4.27. The lowest BCUT2D eigenvalue weighted by atomic mass is 10.1. The zero-order valence-corrected chi connectivity index (χ0v) is 14.9. The molecule has 0 spiro atoms. The molecule has 1 aromatic carbocycles. The predicted octanol–water partition coefficient (Wildman–Crippen LogP) is 3.11. The van der Waals surface area contributed by atoms with Crippen molar-refractivity contribution in [3.8, 4) is 11.5 Å². The monoisotopic (exact) mass is 401 g/mol. The van der Waals surface area contributed by atoms with Gasteiger partial charge in [-0.15, -0.1) is 0 Å². The number of aromatic hydroxyl groups is 1. The molecule has 0 atom stereocenters. The summed E-state index contributed by atoms with van der Waals surface area (Å²) in [4.78, 5) is 0. The van der Waals surface area contributed by atoms with Gasteiger partial charge in [0.25, 0.3) is 0 Å². The Kier molecular flexibility index (Phi) is 4.99. The van der Waals surface area contributed by atoms with Crippen LogP contribution in [-0.2, 0) is 0 Å². The molecule has 0 saturated carbocycles. The first kappa shape index (κ1) is 16.7. The Labute approximate surface area is 145 Å². The van der Waals surface area contributed by atoms with E-state index >= 15 is 0 Å². The third-order valence-corrected chi connectivity index (χ3v) is 3.93. The summed E-state index contributed by atoms with van der Waals surface area (Å²) in [6, 6.07) is 1.71. The molecule has 0 amide bonds. The number of fused-ring (bicyclic) bond motifs is 1. The minimum absolute atomic E-state index is 0.00384.